The maximum atomic E-state index is 12.1. The highest BCUT2D eigenvalue weighted by molar-refractivity contribution is 5.93. The Bertz CT molecular complexity index is 444. The van der Waals surface area contributed by atoms with Crippen molar-refractivity contribution < 1.29 is 9.90 Å². The normalized spacial score (nSPS) is 31.8. The molecule has 1 aliphatic carbocycles. The van der Waals surface area contributed by atoms with Crippen molar-refractivity contribution in [3.63, 3.8) is 0 Å². The van der Waals surface area contributed by atoms with Gasteiger partial charge in [-0.3, -0.25) is 9.89 Å². The third kappa shape index (κ3) is 1.68. The van der Waals surface area contributed by atoms with Crippen LogP contribution in [0.1, 0.15) is 23.3 Å². The predicted molar refractivity (Wildman–Crippen MR) is 61.1 cm³/mol. The SMILES string of the molecule is Nc1cc(C(=O)N2CC3CCC(O)C3C2)[nH]n1. The molecule has 1 amide bonds. The summed E-state index contributed by atoms with van der Waals surface area (Å²) in [7, 11) is 0. The molecule has 0 bridgehead atoms. The molecule has 0 spiro atoms. The number of aliphatic hydroxyl groups excluding tert-OH is 1. The third-order valence-electron chi connectivity index (χ3n) is 3.93. The van der Waals surface area contributed by atoms with Crippen LogP contribution in [0.2, 0.25) is 0 Å². The summed E-state index contributed by atoms with van der Waals surface area (Å²) in [4.78, 5) is 13.9. The largest absolute Gasteiger partial charge is 0.393 e. The summed E-state index contributed by atoms with van der Waals surface area (Å²) < 4.78 is 0. The fourth-order valence-electron chi connectivity index (χ4n) is 3.02. The van der Waals surface area contributed by atoms with E-state index in [-0.39, 0.29) is 17.9 Å². The zero-order chi connectivity index (χ0) is 12.0. The Morgan fingerprint density at radius 2 is 2.35 bits per heavy atom. The van der Waals surface area contributed by atoms with Crippen LogP contribution in [-0.2, 0) is 0 Å². The molecule has 1 saturated carbocycles. The standard InChI is InChI=1S/C11H16N4O2/c12-10-3-8(13-14-10)11(17)15-4-6-1-2-9(16)7(6)5-15/h3,6-7,9,16H,1-2,4-5H2,(H3,12,13,14). The van der Waals surface area contributed by atoms with Crippen molar-refractivity contribution in [1.82, 2.24) is 15.1 Å². The molecular formula is C11H16N4O2. The van der Waals surface area contributed by atoms with Crippen LogP contribution in [0, 0.1) is 11.8 Å². The fraction of sp³-hybridized carbons (Fsp3) is 0.636. The lowest BCUT2D eigenvalue weighted by Crippen LogP contribution is -2.31. The Balaban J connectivity index is 1.73. The van der Waals surface area contributed by atoms with Crippen LogP contribution >= 0.6 is 0 Å². The van der Waals surface area contributed by atoms with Gasteiger partial charge in [-0.15, -0.1) is 0 Å². The van der Waals surface area contributed by atoms with E-state index in [1.807, 2.05) is 0 Å². The number of fused-ring (bicyclic) bond motifs is 1. The molecule has 0 radical (unpaired) electrons. The first-order valence-corrected chi connectivity index (χ1v) is 5.93. The minimum atomic E-state index is -0.246. The second-order valence-corrected chi connectivity index (χ2v) is 4.99. The van der Waals surface area contributed by atoms with Gasteiger partial charge < -0.3 is 15.7 Å². The molecule has 17 heavy (non-hydrogen) atoms. The van der Waals surface area contributed by atoms with Crippen molar-refractivity contribution in [1.29, 1.82) is 0 Å². The average Bonchev–Trinajstić information content (AvgIpc) is 2.96. The topological polar surface area (TPSA) is 95.2 Å². The van der Waals surface area contributed by atoms with Gasteiger partial charge in [0.05, 0.1) is 6.10 Å². The molecule has 6 nitrogen and oxygen atoms in total. The van der Waals surface area contributed by atoms with Crippen molar-refractivity contribution in [3.05, 3.63) is 11.8 Å². The number of aromatic nitrogens is 2. The van der Waals surface area contributed by atoms with E-state index >= 15 is 0 Å². The molecule has 1 saturated heterocycles. The first-order valence-electron chi connectivity index (χ1n) is 5.93. The van der Waals surface area contributed by atoms with Gasteiger partial charge in [0, 0.05) is 25.1 Å². The van der Waals surface area contributed by atoms with Crippen LogP contribution < -0.4 is 5.73 Å². The monoisotopic (exact) mass is 236 g/mol. The number of anilines is 1. The number of nitrogens with two attached hydrogens (primary N) is 1. The van der Waals surface area contributed by atoms with Gasteiger partial charge in [0.2, 0.25) is 0 Å². The van der Waals surface area contributed by atoms with E-state index in [0.29, 0.717) is 24.0 Å². The number of carbonyl (C=O) groups excluding carboxylic acids is 1. The van der Waals surface area contributed by atoms with Gasteiger partial charge in [0.1, 0.15) is 11.5 Å². The quantitative estimate of drug-likeness (QED) is 0.631. The van der Waals surface area contributed by atoms with Crippen LogP contribution in [0.3, 0.4) is 0 Å². The molecule has 3 unspecified atom stereocenters. The van der Waals surface area contributed by atoms with Crippen molar-refractivity contribution in [2.45, 2.75) is 18.9 Å². The van der Waals surface area contributed by atoms with Crippen LogP contribution in [-0.4, -0.2) is 45.3 Å². The van der Waals surface area contributed by atoms with E-state index in [9.17, 15) is 9.90 Å². The fourth-order valence-corrected chi connectivity index (χ4v) is 3.02. The Morgan fingerprint density at radius 1 is 1.53 bits per heavy atom. The Hall–Kier alpha value is -1.56. The van der Waals surface area contributed by atoms with Crippen LogP contribution in [0.25, 0.3) is 0 Å². The molecule has 3 rings (SSSR count). The maximum Gasteiger partial charge on any atom is 0.271 e. The van der Waals surface area contributed by atoms with E-state index in [4.69, 9.17) is 5.73 Å². The van der Waals surface area contributed by atoms with Gasteiger partial charge in [0.25, 0.3) is 5.91 Å². The van der Waals surface area contributed by atoms with Gasteiger partial charge in [-0.05, 0) is 18.8 Å². The number of amides is 1. The highest BCUT2D eigenvalue weighted by atomic mass is 16.3. The Kier molecular flexibility index (Phi) is 2.32. The summed E-state index contributed by atoms with van der Waals surface area (Å²) in [6, 6.07) is 1.55. The number of hydrogen-bond donors (Lipinski definition) is 3. The van der Waals surface area contributed by atoms with E-state index in [1.165, 1.54) is 0 Å². The number of nitrogen functional groups attached to an aromatic ring is 1. The minimum Gasteiger partial charge on any atom is -0.393 e. The number of nitrogens with one attached hydrogen (secondary N) is 1. The van der Waals surface area contributed by atoms with E-state index < -0.39 is 0 Å². The number of likely N-dealkylation sites (tertiary alicyclic amines) is 1. The summed E-state index contributed by atoms with van der Waals surface area (Å²) in [6.07, 6.45) is 1.64. The van der Waals surface area contributed by atoms with Crippen molar-refractivity contribution >= 4 is 11.7 Å². The minimum absolute atomic E-state index is 0.0733. The first-order chi connectivity index (χ1) is 8.15. The Labute approximate surface area is 98.8 Å². The number of aromatic amines is 1. The van der Waals surface area contributed by atoms with Crippen molar-refractivity contribution in [3.8, 4) is 0 Å². The van der Waals surface area contributed by atoms with E-state index in [0.717, 1.165) is 19.4 Å². The number of carbonyl (C=O) groups is 1. The predicted octanol–water partition coefficient (Wildman–Crippen LogP) is -0.165. The number of rotatable bonds is 1. The zero-order valence-corrected chi connectivity index (χ0v) is 9.47. The molecular weight excluding hydrogens is 220 g/mol. The lowest BCUT2D eigenvalue weighted by Gasteiger charge is -2.17. The van der Waals surface area contributed by atoms with Crippen LogP contribution in [0.5, 0.6) is 0 Å². The molecule has 6 heteroatoms. The van der Waals surface area contributed by atoms with E-state index in [2.05, 4.69) is 10.2 Å². The van der Waals surface area contributed by atoms with Gasteiger partial charge in [-0.1, -0.05) is 0 Å². The highest BCUT2D eigenvalue weighted by Crippen LogP contribution is 2.38. The molecule has 1 aromatic rings. The molecule has 1 aliphatic heterocycles. The van der Waals surface area contributed by atoms with Gasteiger partial charge >= 0.3 is 0 Å². The van der Waals surface area contributed by atoms with Crippen LogP contribution in [0.4, 0.5) is 5.82 Å². The second kappa shape index (κ2) is 3.73. The van der Waals surface area contributed by atoms with Crippen molar-refractivity contribution in [2.24, 2.45) is 11.8 Å². The van der Waals surface area contributed by atoms with E-state index in [1.54, 1.807) is 11.0 Å². The zero-order valence-electron chi connectivity index (χ0n) is 9.47. The molecule has 2 heterocycles. The number of aliphatic hydroxyl groups is 1. The number of H-pyrrole nitrogens is 1. The lowest BCUT2D eigenvalue weighted by molar-refractivity contribution is 0.0746. The molecule has 1 aromatic heterocycles. The smallest absolute Gasteiger partial charge is 0.271 e. The molecule has 2 fully saturated rings. The Morgan fingerprint density at radius 3 is 3.00 bits per heavy atom. The first kappa shape index (κ1) is 10.6. The summed E-state index contributed by atoms with van der Waals surface area (Å²) in [5.41, 5.74) is 5.90. The average molecular weight is 236 g/mol. The van der Waals surface area contributed by atoms with Gasteiger partial charge in [0.15, 0.2) is 0 Å². The number of hydrogen-bond acceptors (Lipinski definition) is 4. The molecule has 2 aliphatic rings. The van der Waals surface area contributed by atoms with Gasteiger partial charge in [-0.2, -0.15) is 5.10 Å². The lowest BCUT2D eigenvalue weighted by atomic mass is 10.00. The number of nitrogens with zero attached hydrogens (tertiary/aromatic N) is 2. The summed E-state index contributed by atoms with van der Waals surface area (Å²) in [5.74, 6) is 0.956. The summed E-state index contributed by atoms with van der Waals surface area (Å²) >= 11 is 0. The molecule has 92 valence electrons. The second-order valence-electron chi connectivity index (χ2n) is 4.99. The van der Waals surface area contributed by atoms with Gasteiger partial charge in [-0.25, -0.2) is 0 Å². The molecule has 3 atom stereocenters. The van der Waals surface area contributed by atoms with Crippen molar-refractivity contribution in [2.75, 3.05) is 18.8 Å². The third-order valence-corrected chi connectivity index (χ3v) is 3.93. The molecule has 0 aromatic carbocycles. The summed E-state index contributed by atoms with van der Waals surface area (Å²) in [6.45, 7) is 1.38. The molecule has 4 N–H and O–H groups in total. The highest BCUT2D eigenvalue weighted by Gasteiger charge is 2.43. The maximum absolute atomic E-state index is 12.1. The van der Waals surface area contributed by atoms with Crippen LogP contribution in [0.15, 0.2) is 6.07 Å². The summed E-state index contributed by atoms with van der Waals surface area (Å²) in [5, 5.41) is 16.2.